The third-order valence-corrected chi connectivity index (χ3v) is 2.39. The summed E-state index contributed by atoms with van der Waals surface area (Å²) in [4.78, 5) is 10.9. The number of rotatable bonds is 1. The number of cyclic esters (lactones) is 1. The second-order valence-corrected chi connectivity index (χ2v) is 3.00. The van der Waals surface area contributed by atoms with E-state index in [1.54, 1.807) is 0 Å². The van der Waals surface area contributed by atoms with Gasteiger partial charge in [-0.1, -0.05) is 13.8 Å². The van der Waals surface area contributed by atoms with Crippen molar-refractivity contribution in [2.75, 3.05) is 0 Å². The Hall–Kier alpha value is -0.530. The first-order chi connectivity index (χ1) is 4.66. The van der Waals surface area contributed by atoms with Gasteiger partial charge in [-0.2, -0.15) is 0 Å². The quantitative estimate of drug-likeness (QED) is 0.520. The largest absolute Gasteiger partial charge is 0.462 e. The monoisotopic (exact) mass is 142 g/mol. The van der Waals surface area contributed by atoms with Gasteiger partial charge >= 0.3 is 5.97 Å². The lowest BCUT2D eigenvalue weighted by atomic mass is 9.90. The fourth-order valence-corrected chi connectivity index (χ4v) is 1.64. The summed E-state index contributed by atoms with van der Waals surface area (Å²) >= 11 is 0. The predicted octanol–water partition coefficient (Wildman–Crippen LogP) is 1.59. The molecule has 0 spiro atoms. The number of hydrogen-bond donors (Lipinski definition) is 0. The summed E-state index contributed by atoms with van der Waals surface area (Å²) in [6, 6.07) is 0. The van der Waals surface area contributed by atoms with Gasteiger partial charge in [-0.3, -0.25) is 4.79 Å². The van der Waals surface area contributed by atoms with Crippen molar-refractivity contribution in [1.29, 1.82) is 0 Å². The van der Waals surface area contributed by atoms with Crippen LogP contribution in [0, 0.1) is 11.8 Å². The van der Waals surface area contributed by atoms with Crippen molar-refractivity contribution in [3.05, 3.63) is 0 Å². The van der Waals surface area contributed by atoms with E-state index < -0.39 is 0 Å². The minimum Gasteiger partial charge on any atom is -0.462 e. The molecule has 2 nitrogen and oxygen atoms in total. The molecule has 1 aliphatic heterocycles. The number of hydrogen-bond acceptors (Lipinski definition) is 2. The molecule has 10 heavy (non-hydrogen) atoms. The van der Waals surface area contributed by atoms with E-state index in [0.29, 0.717) is 5.92 Å². The second kappa shape index (κ2) is 2.60. The first-order valence-electron chi connectivity index (χ1n) is 3.87. The fraction of sp³-hybridized carbons (Fsp3) is 0.875. The zero-order valence-corrected chi connectivity index (χ0v) is 6.76. The number of ether oxygens (including phenoxy) is 1. The molecule has 0 aromatic carbocycles. The average Bonchev–Trinajstić information content (AvgIpc) is 2.09. The molecule has 0 aromatic rings. The van der Waals surface area contributed by atoms with Crippen molar-refractivity contribution in [1.82, 2.24) is 0 Å². The first-order valence-corrected chi connectivity index (χ1v) is 3.87. The fourth-order valence-electron chi connectivity index (χ4n) is 1.64. The van der Waals surface area contributed by atoms with Gasteiger partial charge in [0.1, 0.15) is 6.10 Å². The molecule has 0 radical (unpaired) electrons. The van der Waals surface area contributed by atoms with Gasteiger partial charge in [0, 0.05) is 5.92 Å². The number of esters is 1. The van der Waals surface area contributed by atoms with Crippen molar-refractivity contribution in [3.8, 4) is 0 Å². The van der Waals surface area contributed by atoms with Gasteiger partial charge < -0.3 is 4.74 Å². The summed E-state index contributed by atoms with van der Waals surface area (Å²) in [5, 5.41) is 0. The molecule has 3 atom stereocenters. The lowest BCUT2D eigenvalue weighted by molar-refractivity contribution is -0.143. The number of carbonyl (C=O) groups excluding carboxylic acids is 1. The van der Waals surface area contributed by atoms with Gasteiger partial charge in [-0.05, 0) is 13.3 Å². The highest BCUT2D eigenvalue weighted by Crippen LogP contribution is 2.29. The zero-order valence-electron chi connectivity index (χ0n) is 6.76. The highest BCUT2D eigenvalue weighted by atomic mass is 16.6. The predicted molar refractivity (Wildman–Crippen MR) is 38.5 cm³/mol. The van der Waals surface area contributed by atoms with Crippen molar-refractivity contribution < 1.29 is 9.53 Å². The average molecular weight is 142 g/mol. The standard InChI is InChI=1S/C8H14O2/c1-4-7-5(2)8(9)10-6(7)3/h5-7H,4H2,1-3H3/t5-,6-,7+/m0/s1. The van der Waals surface area contributed by atoms with E-state index in [9.17, 15) is 4.79 Å². The molecule has 2 heteroatoms. The molecule has 1 saturated heterocycles. The summed E-state index contributed by atoms with van der Waals surface area (Å²) in [6.07, 6.45) is 1.17. The van der Waals surface area contributed by atoms with Gasteiger partial charge in [0.2, 0.25) is 0 Å². The Kier molecular flexibility index (Phi) is 1.97. The highest BCUT2D eigenvalue weighted by Gasteiger charge is 2.37. The minimum absolute atomic E-state index is 0.0284. The van der Waals surface area contributed by atoms with E-state index in [1.807, 2.05) is 13.8 Å². The topological polar surface area (TPSA) is 26.3 Å². The van der Waals surface area contributed by atoms with E-state index >= 15 is 0 Å². The molecule has 0 aliphatic carbocycles. The SMILES string of the molecule is CC[C@H]1[C@H](C)OC(=O)[C@H]1C. The maximum atomic E-state index is 10.9. The van der Waals surface area contributed by atoms with Gasteiger partial charge in [0.05, 0.1) is 5.92 Å². The Labute approximate surface area is 61.6 Å². The summed E-state index contributed by atoms with van der Waals surface area (Å²) in [5.74, 6) is 0.520. The van der Waals surface area contributed by atoms with Crippen molar-refractivity contribution in [3.63, 3.8) is 0 Å². The molecule has 0 N–H and O–H groups in total. The second-order valence-electron chi connectivity index (χ2n) is 3.00. The van der Waals surface area contributed by atoms with Crippen LogP contribution in [0.2, 0.25) is 0 Å². The summed E-state index contributed by atoms with van der Waals surface area (Å²) in [7, 11) is 0. The van der Waals surface area contributed by atoms with Crippen LogP contribution in [0.1, 0.15) is 27.2 Å². The molecular weight excluding hydrogens is 128 g/mol. The van der Waals surface area contributed by atoms with Crippen LogP contribution in [0.25, 0.3) is 0 Å². The Bertz CT molecular complexity index is 142. The van der Waals surface area contributed by atoms with E-state index in [0.717, 1.165) is 6.42 Å². The van der Waals surface area contributed by atoms with E-state index in [1.165, 1.54) is 0 Å². The molecule has 0 aromatic heterocycles. The van der Waals surface area contributed by atoms with Crippen LogP contribution in [0.15, 0.2) is 0 Å². The Morgan fingerprint density at radius 2 is 2.10 bits per heavy atom. The van der Waals surface area contributed by atoms with Crippen LogP contribution in [-0.4, -0.2) is 12.1 Å². The van der Waals surface area contributed by atoms with Crippen LogP contribution >= 0.6 is 0 Å². The van der Waals surface area contributed by atoms with Crippen LogP contribution in [0.5, 0.6) is 0 Å². The molecule has 1 fully saturated rings. The number of carbonyl (C=O) groups is 1. The lowest BCUT2D eigenvalue weighted by Gasteiger charge is -2.11. The zero-order chi connectivity index (χ0) is 7.72. The Morgan fingerprint density at radius 3 is 2.30 bits per heavy atom. The minimum atomic E-state index is -0.0284. The van der Waals surface area contributed by atoms with Crippen LogP contribution in [0.4, 0.5) is 0 Å². The lowest BCUT2D eigenvalue weighted by Crippen LogP contribution is -2.14. The summed E-state index contributed by atoms with van der Waals surface area (Å²) in [5.41, 5.74) is 0. The third-order valence-electron chi connectivity index (χ3n) is 2.39. The molecule has 1 heterocycles. The normalized spacial score (nSPS) is 39.9. The van der Waals surface area contributed by atoms with Crippen LogP contribution < -0.4 is 0 Å². The van der Waals surface area contributed by atoms with E-state index in [-0.39, 0.29) is 18.0 Å². The van der Waals surface area contributed by atoms with Crippen LogP contribution in [0.3, 0.4) is 0 Å². The van der Waals surface area contributed by atoms with E-state index in [4.69, 9.17) is 4.74 Å². The van der Waals surface area contributed by atoms with Gasteiger partial charge in [-0.25, -0.2) is 0 Å². The summed E-state index contributed by atoms with van der Waals surface area (Å²) < 4.78 is 5.04. The van der Waals surface area contributed by atoms with Gasteiger partial charge in [-0.15, -0.1) is 0 Å². The van der Waals surface area contributed by atoms with Crippen molar-refractivity contribution >= 4 is 5.97 Å². The van der Waals surface area contributed by atoms with Crippen molar-refractivity contribution in [2.45, 2.75) is 33.3 Å². The van der Waals surface area contributed by atoms with Gasteiger partial charge in [0.15, 0.2) is 0 Å². The molecule has 0 bridgehead atoms. The van der Waals surface area contributed by atoms with E-state index in [2.05, 4.69) is 6.92 Å². The maximum Gasteiger partial charge on any atom is 0.309 e. The Balaban J connectivity index is 2.64. The molecule has 0 unspecified atom stereocenters. The molecule has 0 saturated carbocycles. The molecule has 1 aliphatic rings. The Morgan fingerprint density at radius 1 is 1.50 bits per heavy atom. The highest BCUT2D eigenvalue weighted by molar-refractivity contribution is 5.74. The van der Waals surface area contributed by atoms with Crippen LogP contribution in [-0.2, 0) is 9.53 Å². The maximum absolute atomic E-state index is 10.9. The van der Waals surface area contributed by atoms with Gasteiger partial charge in [0.25, 0.3) is 0 Å². The summed E-state index contributed by atoms with van der Waals surface area (Å²) in [6.45, 7) is 6.01. The molecule has 1 rings (SSSR count). The molecular formula is C8H14O2. The first kappa shape index (κ1) is 7.58. The third kappa shape index (κ3) is 1.02. The molecule has 0 amide bonds. The molecule has 58 valence electrons. The smallest absolute Gasteiger partial charge is 0.309 e. The van der Waals surface area contributed by atoms with Crippen molar-refractivity contribution in [2.24, 2.45) is 11.8 Å².